The van der Waals surface area contributed by atoms with Gasteiger partial charge in [-0.05, 0) is 12.8 Å². The summed E-state index contributed by atoms with van der Waals surface area (Å²) in [4.78, 5) is 19.1. The van der Waals surface area contributed by atoms with Crippen molar-refractivity contribution in [3.8, 4) is 0 Å². The van der Waals surface area contributed by atoms with Gasteiger partial charge in [-0.1, -0.05) is 11.6 Å². The number of carbonyl (C=O) groups is 1. The first-order chi connectivity index (χ1) is 7.74. The van der Waals surface area contributed by atoms with Crippen LogP contribution in [0.1, 0.15) is 19.3 Å². The summed E-state index contributed by atoms with van der Waals surface area (Å²) in [5.41, 5.74) is 0. The number of carbonyl (C=O) groups excluding carboxylic acids is 1. The highest BCUT2D eigenvalue weighted by atomic mass is 35.5. The van der Waals surface area contributed by atoms with Crippen LogP contribution >= 0.6 is 11.6 Å². The van der Waals surface area contributed by atoms with Crippen molar-refractivity contribution >= 4 is 23.3 Å². The van der Waals surface area contributed by atoms with Crippen LogP contribution < -0.4 is 10.6 Å². The summed E-state index contributed by atoms with van der Waals surface area (Å²) in [7, 11) is 0. The highest BCUT2D eigenvalue weighted by Crippen LogP contribution is 2.18. The Labute approximate surface area is 98.6 Å². The molecule has 1 heterocycles. The minimum atomic E-state index is -0.0667. The van der Waals surface area contributed by atoms with Crippen LogP contribution in [0.15, 0.2) is 12.4 Å². The fourth-order valence-corrected chi connectivity index (χ4v) is 1.43. The van der Waals surface area contributed by atoms with Crippen molar-refractivity contribution in [3.63, 3.8) is 0 Å². The zero-order valence-electron chi connectivity index (χ0n) is 8.74. The highest BCUT2D eigenvalue weighted by Gasteiger charge is 2.20. The van der Waals surface area contributed by atoms with Crippen LogP contribution in [0.3, 0.4) is 0 Å². The number of anilines is 1. The Bertz CT molecular complexity index is 381. The number of halogens is 1. The molecule has 0 aromatic carbocycles. The summed E-state index contributed by atoms with van der Waals surface area (Å²) in [5, 5.41) is 6.25. The first-order valence-corrected chi connectivity index (χ1v) is 5.62. The second-order valence-corrected chi connectivity index (χ2v) is 4.14. The Morgan fingerprint density at radius 3 is 3.00 bits per heavy atom. The predicted octanol–water partition coefficient (Wildman–Crippen LogP) is 1.21. The summed E-state index contributed by atoms with van der Waals surface area (Å²) in [6.45, 7) is 0.704. The van der Waals surface area contributed by atoms with Crippen LogP contribution in [-0.4, -0.2) is 28.5 Å². The first kappa shape index (κ1) is 11.3. The Morgan fingerprint density at radius 1 is 1.50 bits per heavy atom. The zero-order valence-corrected chi connectivity index (χ0v) is 9.50. The topological polar surface area (TPSA) is 66.9 Å². The molecular weight excluding hydrogens is 228 g/mol. The van der Waals surface area contributed by atoms with Gasteiger partial charge in [0.1, 0.15) is 17.3 Å². The number of nitrogens with zero attached hydrogens (tertiary/aromatic N) is 2. The molecule has 2 rings (SSSR count). The quantitative estimate of drug-likeness (QED) is 0.760. The second-order valence-electron chi connectivity index (χ2n) is 3.75. The molecule has 0 unspecified atom stereocenters. The number of aromatic nitrogens is 2. The first-order valence-electron chi connectivity index (χ1n) is 5.25. The third-order valence-electron chi connectivity index (χ3n) is 2.26. The molecule has 1 aromatic heterocycles. The van der Waals surface area contributed by atoms with Crippen LogP contribution in [0, 0.1) is 0 Å². The van der Waals surface area contributed by atoms with Crippen molar-refractivity contribution in [1.82, 2.24) is 15.3 Å². The third-order valence-corrected chi connectivity index (χ3v) is 2.47. The number of rotatable bonds is 5. The van der Waals surface area contributed by atoms with Crippen LogP contribution in [0.25, 0.3) is 0 Å². The smallest absolute Gasteiger partial charge is 0.226 e. The van der Waals surface area contributed by atoms with E-state index in [0.29, 0.717) is 30.0 Å². The van der Waals surface area contributed by atoms with Crippen molar-refractivity contribution in [1.29, 1.82) is 0 Å². The summed E-state index contributed by atoms with van der Waals surface area (Å²) >= 11 is 5.67. The van der Waals surface area contributed by atoms with Gasteiger partial charge in [-0.3, -0.25) is 4.79 Å². The van der Waals surface area contributed by atoms with E-state index in [9.17, 15) is 4.79 Å². The van der Waals surface area contributed by atoms with E-state index in [4.69, 9.17) is 11.6 Å². The van der Waals surface area contributed by atoms with Gasteiger partial charge in [0.15, 0.2) is 0 Å². The molecule has 2 N–H and O–H groups in total. The van der Waals surface area contributed by atoms with Crippen LogP contribution in [0.2, 0.25) is 5.15 Å². The van der Waals surface area contributed by atoms with E-state index >= 15 is 0 Å². The maximum atomic E-state index is 11.5. The molecule has 0 saturated heterocycles. The summed E-state index contributed by atoms with van der Waals surface area (Å²) in [6.07, 6.45) is 4.21. The lowest BCUT2D eigenvalue weighted by molar-refractivity contribution is -0.116. The maximum Gasteiger partial charge on any atom is 0.226 e. The van der Waals surface area contributed by atoms with E-state index in [1.54, 1.807) is 0 Å². The van der Waals surface area contributed by atoms with Gasteiger partial charge in [-0.15, -0.1) is 0 Å². The van der Waals surface area contributed by atoms with E-state index in [1.165, 1.54) is 25.2 Å². The highest BCUT2D eigenvalue weighted by molar-refractivity contribution is 6.29. The molecule has 1 saturated carbocycles. The Morgan fingerprint density at radius 2 is 2.31 bits per heavy atom. The summed E-state index contributed by atoms with van der Waals surface area (Å²) in [6, 6.07) is 2.15. The van der Waals surface area contributed by atoms with Crippen LogP contribution in [0.4, 0.5) is 5.82 Å². The number of hydrogen-bond acceptors (Lipinski definition) is 4. The van der Waals surface area contributed by atoms with Gasteiger partial charge in [0.25, 0.3) is 0 Å². The SMILES string of the molecule is O=C(CCNC1CC1)Nc1cc(Cl)ncn1. The van der Waals surface area contributed by atoms with E-state index in [1.807, 2.05) is 0 Å². The number of nitrogens with one attached hydrogen (secondary N) is 2. The Kier molecular flexibility index (Phi) is 3.69. The molecule has 0 radical (unpaired) electrons. The van der Waals surface area contributed by atoms with E-state index in [-0.39, 0.29) is 5.91 Å². The van der Waals surface area contributed by atoms with E-state index in [2.05, 4.69) is 20.6 Å². The molecule has 5 nitrogen and oxygen atoms in total. The molecule has 86 valence electrons. The molecule has 1 amide bonds. The minimum Gasteiger partial charge on any atom is -0.313 e. The van der Waals surface area contributed by atoms with Gasteiger partial charge in [0, 0.05) is 25.1 Å². The van der Waals surface area contributed by atoms with Gasteiger partial charge in [0.05, 0.1) is 0 Å². The molecule has 1 aliphatic rings. The van der Waals surface area contributed by atoms with Crippen molar-refractivity contribution in [3.05, 3.63) is 17.5 Å². The number of hydrogen-bond donors (Lipinski definition) is 2. The molecule has 1 fully saturated rings. The van der Waals surface area contributed by atoms with E-state index in [0.717, 1.165) is 0 Å². The van der Waals surface area contributed by atoms with Gasteiger partial charge in [0.2, 0.25) is 5.91 Å². The summed E-state index contributed by atoms with van der Waals surface area (Å²) < 4.78 is 0. The summed E-state index contributed by atoms with van der Waals surface area (Å²) in [5.74, 6) is 0.374. The Hall–Kier alpha value is -1.20. The normalized spacial score (nSPS) is 14.8. The van der Waals surface area contributed by atoms with Crippen LogP contribution in [0.5, 0.6) is 0 Å². The fraction of sp³-hybridized carbons (Fsp3) is 0.500. The zero-order chi connectivity index (χ0) is 11.4. The van der Waals surface area contributed by atoms with Crippen molar-refractivity contribution in [2.75, 3.05) is 11.9 Å². The lowest BCUT2D eigenvalue weighted by Gasteiger charge is -2.04. The predicted molar refractivity (Wildman–Crippen MR) is 61.3 cm³/mol. The lowest BCUT2D eigenvalue weighted by atomic mass is 10.4. The molecule has 1 aliphatic carbocycles. The number of amides is 1. The van der Waals surface area contributed by atoms with Gasteiger partial charge in [-0.25, -0.2) is 9.97 Å². The van der Waals surface area contributed by atoms with Crippen LogP contribution in [-0.2, 0) is 4.79 Å². The van der Waals surface area contributed by atoms with Gasteiger partial charge >= 0.3 is 0 Å². The van der Waals surface area contributed by atoms with Crippen molar-refractivity contribution in [2.45, 2.75) is 25.3 Å². The average molecular weight is 241 g/mol. The molecule has 16 heavy (non-hydrogen) atoms. The monoisotopic (exact) mass is 240 g/mol. The fourth-order valence-electron chi connectivity index (χ4n) is 1.28. The third kappa shape index (κ3) is 3.75. The molecule has 0 bridgehead atoms. The molecule has 0 atom stereocenters. The second kappa shape index (κ2) is 5.23. The average Bonchev–Trinajstić information content (AvgIpc) is 3.01. The molecule has 6 heteroatoms. The van der Waals surface area contributed by atoms with Crippen molar-refractivity contribution in [2.24, 2.45) is 0 Å². The van der Waals surface area contributed by atoms with Gasteiger partial charge in [-0.2, -0.15) is 0 Å². The molecule has 0 spiro atoms. The molecular formula is C10H13ClN4O. The standard InChI is InChI=1S/C10H13ClN4O/c11-8-5-9(14-6-13-8)15-10(16)3-4-12-7-1-2-7/h5-7,12H,1-4H2,(H,13,14,15,16). The minimum absolute atomic E-state index is 0.0667. The largest absolute Gasteiger partial charge is 0.313 e. The van der Waals surface area contributed by atoms with E-state index < -0.39 is 0 Å². The molecule has 1 aromatic rings. The van der Waals surface area contributed by atoms with Gasteiger partial charge < -0.3 is 10.6 Å². The Balaban J connectivity index is 1.73. The lowest BCUT2D eigenvalue weighted by Crippen LogP contribution is -2.23. The maximum absolute atomic E-state index is 11.5. The molecule has 0 aliphatic heterocycles. The van der Waals surface area contributed by atoms with Crippen molar-refractivity contribution < 1.29 is 4.79 Å².